The second-order valence-corrected chi connectivity index (χ2v) is 7.05. The van der Waals surface area contributed by atoms with Crippen molar-refractivity contribution >= 4 is 40.6 Å². The fourth-order valence-electron chi connectivity index (χ4n) is 2.32. The zero-order valence-corrected chi connectivity index (χ0v) is 15.1. The lowest BCUT2D eigenvalue weighted by Crippen LogP contribution is -1.96. The van der Waals surface area contributed by atoms with Crippen LogP contribution in [0.3, 0.4) is 0 Å². The monoisotopic (exact) mass is 387 g/mol. The summed E-state index contributed by atoms with van der Waals surface area (Å²) in [5, 5.41) is 15.0. The molecule has 25 heavy (non-hydrogen) atoms. The molecule has 3 aromatic heterocycles. The van der Waals surface area contributed by atoms with E-state index in [1.807, 2.05) is 36.4 Å². The van der Waals surface area contributed by atoms with Crippen molar-refractivity contribution < 1.29 is 0 Å². The van der Waals surface area contributed by atoms with Gasteiger partial charge in [-0.3, -0.25) is 4.98 Å². The van der Waals surface area contributed by atoms with E-state index in [-0.39, 0.29) is 0 Å². The summed E-state index contributed by atoms with van der Waals surface area (Å²) in [6.45, 7) is 0. The number of hydrogen-bond donors (Lipinski definition) is 0. The van der Waals surface area contributed by atoms with Gasteiger partial charge in [0.1, 0.15) is 5.03 Å². The lowest BCUT2D eigenvalue weighted by molar-refractivity contribution is 0.860. The van der Waals surface area contributed by atoms with Gasteiger partial charge in [-0.2, -0.15) is 9.61 Å². The standard InChI is InChI=1S/C17H11Cl2N5S/c18-13-2-1-11(9-14(13)19)10-25-16-4-3-15-21-22-17(24(15)23-16)12-5-7-20-8-6-12/h1-9H,10H2. The minimum absolute atomic E-state index is 0.557. The molecule has 0 spiro atoms. The lowest BCUT2D eigenvalue weighted by Gasteiger charge is -2.04. The highest BCUT2D eigenvalue weighted by Gasteiger charge is 2.10. The van der Waals surface area contributed by atoms with Crippen LogP contribution < -0.4 is 0 Å². The minimum Gasteiger partial charge on any atom is -0.265 e. The molecule has 0 unspecified atom stereocenters. The van der Waals surface area contributed by atoms with Gasteiger partial charge >= 0.3 is 0 Å². The van der Waals surface area contributed by atoms with Crippen molar-refractivity contribution in [2.24, 2.45) is 0 Å². The summed E-state index contributed by atoms with van der Waals surface area (Å²) < 4.78 is 1.74. The van der Waals surface area contributed by atoms with Gasteiger partial charge in [-0.05, 0) is 42.0 Å². The average Bonchev–Trinajstić information content (AvgIpc) is 3.06. The van der Waals surface area contributed by atoms with Crippen molar-refractivity contribution in [3.8, 4) is 11.4 Å². The number of halogens is 2. The van der Waals surface area contributed by atoms with Crippen LogP contribution >= 0.6 is 35.0 Å². The van der Waals surface area contributed by atoms with Crippen molar-refractivity contribution in [3.05, 3.63) is 70.5 Å². The molecule has 0 atom stereocenters. The number of nitrogens with zero attached hydrogens (tertiary/aromatic N) is 5. The van der Waals surface area contributed by atoms with E-state index in [0.717, 1.165) is 21.9 Å². The molecule has 5 nitrogen and oxygen atoms in total. The fraction of sp³-hybridized carbons (Fsp3) is 0.0588. The van der Waals surface area contributed by atoms with Crippen molar-refractivity contribution in [2.75, 3.05) is 0 Å². The van der Waals surface area contributed by atoms with E-state index in [1.54, 1.807) is 34.7 Å². The molecular weight excluding hydrogens is 377 g/mol. The van der Waals surface area contributed by atoms with Gasteiger partial charge in [-0.1, -0.05) is 41.0 Å². The molecule has 0 fully saturated rings. The van der Waals surface area contributed by atoms with E-state index in [2.05, 4.69) is 20.3 Å². The Hall–Kier alpha value is -2.15. The molecule has 0 saturated heterocycles. The topological polar surface area (TPSA) is 56.0 Å². The SMILES string of the molecule is Clc1ccc(CSc2ccc3nnc(-c4ccncc4)n3n2)cc1Cl. The molecule has 0 bridgehead atoms. The third kappa shape index (κ3) is 3.46. The normalized spacial score (nSPS) is 11.1. The van der Waals surface area contributed by atoms with E-state index in [0.29, 0.717) is 21.5 Å². The first-order valence-electron chi connectivity index (χ1n) is 7.40. The van der Waals surface area contributed by atoms with E-state index in [1.165, 1.54) is 0 Å². The fourth-order valence-corrected chi connectivity index (χ4v) is 3.44. The van der Waals surface area contributed by atoms with E-state index >= 15 is 0 Å². The maximum Gasteiger partial charge on any atom is 0.185 e. The van der Waals surface area contributed by atoms with Crippen LogP contribution in [0.4, 0.5) is 0 Å². The first-order valence-corrected chi connectivity index (χ1v) is 9.14. The highest BCUT2D eigenvalue weighted by Crippen LogP contribution is 2.27. The first kappa shape index (κ1) is 16.3. The molecule has 0 aliphatic heterocycles. The van der Waals surface area contributed by atoms with Gasteiger partial charge in [0.15, 0.2) is 11.5 Å². The van der Waals surface area contributed by atoms with Crippen molar-refractivity contribution in [1.82, 2.24) is 24.8 Å². The number of rotatable bonds is 4. The summed E-state index contributed by atoms with van der Waals surface area (Å²) in [5.41, 5.74) is 2.70. The smallest absolute Gasteiger partial charge is 0.185 e. The summed E-state index contributed by atoms with van der Waals surface area (Å²) in [6, 6.07) is 13.2. The van der Waals surface area contributed by atoms with Crippen LogP contribution in [-0.4, -0.2) is 24.8 Å². The van der Waals surface area contributed by atoms with Gasteiger partial charge in [0, 0.05) is 23.7 Å². The Balaban J connectivity index is 1.61. The van der Waals surface area contributed by atoms with E-state index in [4.69, 9.17) is 23.2 Å². The number of benzene rings is 1. The van der Waals surface area contributed by atoms with Gasteiger partial charge in [-0.25, -0.2) is 0 Å². The summed E-state index contributed by atoms with van der Waals surface area (Å²) >= 11 is 13.6. The molecule has 0 aliphatic rings. The lowest BCUT2D eigenvalue weighted by atomic mass is 10.2. The molecule has 124 valence electrons. The van der Waals surface area contributed by atoms with E-state index in [9.17, 15) is 0 Å². The molecule has 0 radical (unpaired) electrons. The van der Waals surface area contributed by atoms with Crippen molar-refractivity contribution in [3.63, 3.8) is 0 Å². The highest BCUT2D eigenvalue weighted by atomic mass is 35.5. The molecule has 3 heterocycles. The summed E-state index contributed by atoms with van der Waals surface area (Å²) in [6.07, 6.45) is 3.44. The summed E-state index contributed by atoms with van der Waals surface area (Å²) in [5.74, 6) is 1.43. The zero-order chi connectivity index (χ0) is 17.2. The van der Waals surface area contributed by atoms with Gasteiger partial charge in [0.25, 0.3) is 0 Å². The third-order valence-electron chi connectivity index (χ3n) is 3.55. The molecule has 0 aliphatic carbocycles. The van der Waals surface area contributed by atoms with Gasteiger partial charge in [0.05, 0.1) is 10.0 Å². The molecule has 4 aromatic rings. The van der Waals surface area contributed by atoms with Crippen LogP contribution in [0.15, 0.2) is 59.9 Å². The Morgan fingerprint density at radius 1 is 0.920 bits per heavy atom. The second-order valence-electron chi connectivity index (χ2n) is 5.24. The second kappa shape index (κ2) is 7.00. The molecular formula is C17H11Cl2N5S. The third-order valence-corrected chi connectivity index (χ3v) is 5.28. The quantitative estimate of drug-likeness (QED) is 0.471. The molecule has 0 N–H and O–H groups in total. The molecule has 0 amide bonds. The van der Waals surface area contributed by atoms with Crippen LogP contribution in [0.2, 0.25) is 10.0 Å². The van der Waals surface area contributed by atoms with Crippen LogP contribution in [0, 0.1) is 0 Å². The van der Waals surface area contributed by atoms with E-state index < -0.39 is 0 Å². The van der Waals surface area contributed by atoms with Crippen molar-refractivity contribution in [2.45, 2.75) is 10.8 Å². The number of hydrogen-bond acceptors (Lipinski definition) is 5. The number of fused-ring (bicyclic) bond motifs is 1. The Labute approximate surface area is 158 Å². The van der Waals surface area contributed by atoms with Crippen molar-refractivity contribution in [1.29, 1.82) is 0 Å². The van der Waals surface area contributed by atoms with Crippen LogP contribution in [0.5, 0.6) is 0 Å². The van der Waals surface area contributed by atoms with Gasteiger partial charge < -0.3 is 0 Å². The highest BCUT2D eigenvalue weighted by molar-refractivity contribution is 7.98. The number of thioether (sulfide) groups is 1. The predicted octanol–water partition coefficient (Wildman–Crippen LogP) is 4.79. The van der Waals surface area contributed by atoms with Crippen LogP contribution in [0.1, 0.15) is 5.56 Å². The Bertz CT molecular complexity index is 1040. The average molecular weight is 388 g/mol. The molecule has 4 rings (SSSR count). The van der Waals surface area contributed by atoms with Crippen LogP contribution in [-0.2, 0) is 5.75 Å². The van der Waals surface area contributed by atoms with Crippen LogP contribution in [0.25, 0.3) is 17.0 Å². The first-order chi connectivity index (χ1) is 12.2. The zero-order valence-electron chi connectivity index (χ0n) is 12.8. The summed E-state index contributed by atoms with van der Waals surface area (Å²) in [7, 11) is 0. The minimum atomic E-state index is 0.557. The van der Waals surface area contributed by atoms with Gasteiger partial charge in [0.2, 0.25) is 0 Å². The Morgan fingerprint density at radius 3 is 2.56 bits per heavy atom. The largest absolute Gasteiger partial charge is 0.265 e. The van der Waals surface area contributed by atoms with Gasteiger partial charge in [-0.15, -0.1) is 10.2 Å². The molecule has 0 saturated carbocycles. The Kier molecular flexibility index (Phi) is 4.57. The summed E-state index contributed by atoms with van der Waals surface area (Å²) in [4.78, 5) is 4.03. The maximum absolute atomic E-state index is 6.07. The number of aromatic nitrogens is 5. The maximum atomic E-state index is 6.07. The Morgan fingerprint density at radius 2 is 1.76 bits per heavy atom. The number of pyridine rings is 1. The molecule has 1 aromatic carbocycles. The predicted molar refractivity (Wildman–Crippen MR) is 100 cm³/mol. The molecule has 8 heteroatoms.